The normalized spacial score (nSPS) is 24.7. The Bertz CT molecular complexity index is 1070. The molecule has 3 aromatic rings. The monoisotopic (exact) mass is 427 g/mol. The number of piperidine rings is 1. The predicted molar refractivity (Wildman–Crippen MR) is 125 cm³/mol. The van der Waals surface area contributed by atoms with E-state index < -0.39 is 5.60 Å². The summed E-state index contributed by atoms with van der Waals surface area (Å²) in [6.07, 6.45) is -0.305. The molecule has 3 atom stereocenters. The summed E-state index contributed by atoms with van der Waals surface area (Å²) in [6.45, 7) is 5.26. The minimum absolute atomic E-state index is 0.0484. The lowest BCUT2D eigenvalue weighted by Gasteiger charge is -2.47. The Balaban J connectivity index is 1.30. The highest BCUT2D eigenvalue weighted by atomic mass is 16.6. The molecular formula is C28H29NO3. The fourth-order valence-electron chi connectivity index (χ4n) is 5.61. The van der Waals surface area contributed by atoms with Gasteiger partial charge in [0.1, 0.15) is 6.61 Å². The molecule has 1 unspecified atom stereocenters. The Morgan fingerprint density at radius 1 is 0.875 bits per heavy atom. The smallest absolute Gasteiger partial charge is 0.409 e. The SMILES string of the molecule is C[C@@H]1CN(C(=O)OCC2c3ccccc3-c3ccccc32)C[C@H](C)C1(O)c1ccccc1. The highest BCUT2D eigenvalue weighted by molar-refractivity contribution is 5.79. The lowest BCUT2D eigenvalue weighted by Crippen LogP contribution is -2.56. The van der Waals surface area contributed by atoms with Crippen LogP contribution < -0.4 is 0 Å². The topological polar surface area (TPSA) is 49.8 Å². The van der Waals surface area contributed by atoms with Crippen LogP contribution in [0.25, 0.3) is 11.1 Å². The van der Waals surface area contributed by atoms with Crippen molar-refractivity contribution in [3.05, 3.63) is 95.6 Å². The average molecular weight is 428 g/mol. The van der Waals surface area contributed by atoms with Crippen LogP contribution in [0.15, 0.2) is 78.9 Å². The van der Waals surface area contributed by atoms with Crippen LogP contribution in [-0.2, 0) is 10.3 Å². The summed E-state index contributed by atoms with van der Waals surface area (Å²) in [6, 6.07) is 26.5. The molecule has 5 rings (SSSR count). The van der Waals surface area contributed by atoms with E-state index in [9.17, 15) is 9.90 Å². The number of nitrogens with zero attached hydrogens (tertiary/aromatic N) is 1. The van der Waals surface area contributed by atoms with E-state index in [2.05, 4.69) is 24.3 Å². The minimum atomic E-state index is -0.957. The van der Waals surface area contributed by atoms with Gasteiger partial charge in [-0.05, 0) is 27.8 Å². The van der Waals surface area contributed by atoms with Crippen LogP contribution in [0.1, 0.15) is 36.5 Å². The molecule has 32 heavy (non-hydrogen) atoms. The highest BCUT2D eigenvalue weighted by Gasteiger charge is 2.47. The van der Waals surface area contributed by atoms with E-state index in [0.29, 0.717) is 19.7 Å². The van der Waals surface area contributed by atoms with E-state index in [-0.39, 0.29) is 23.8 Å². The number of benzene rings is 3. The molecule has 0 aromatic heterocycles. The summed E-state index contributed by atoms with van der Waals surface area (Å²) in [7, 11) is 0. The van der Waals surface area contributed by atoms with Crippen LogP contribution >= 0.6 is 0 Å². The summed E-state index contributed by atoms with van der Waals surface area (Å²) in [5.41, 5.74) is 4.81. The van der Waals surface area contributed by atoms with E-state index in [1.165, 1.54) is 22.3 Å². The van der Waals surface area contributed by atoms with Gasteiger partial charge in [0.25, 0.3) is 0 Å². The molecule has 0 spiro atoms. The summed E-state index contributed by atoms with van der Waals surface area (Å²) in [5.74, 6) is -0.157. The van der Waals surface area contributed by atoms with E-state index in [1.54, 1.807) is 4.90 Å². The van der Waals surface area contributed by atoms with Gasteiger partial charge >= 0.3 is 6.09 Å². The summed E-state index contributed by atoms with van der Waals surface area (Å²) in [5, 5.41) is 11.5. The van der Waals surface area contributed by atoms with Crippen molar-refractivity contribution in [2.45, 2.75) is 25.4 Å². The molecule has 4 heteroatoms. The first-order valence-electron chi connectivity index (χ1n) is 11.4. The van der Waals surface area contributed by atoms with Crippen LogP contribution in [0.2, 0.25) is 0 Å². The Morgan fingerprint density at radius 3 is 1.94 bits per heavy atom. The molecule has 1 aliphatic carbocycles. The second-order valence-corrected chi connectivity index (χ2v) is 9.20. The Hall–Kier alpha value is -3.11. The maximum atomic E-state index is 13.0. The zero-order valence-electron chi connectivity index (χ0n) is 18.6. The summed E-state index contributed by atoms with van der Waals surface area (Å²) < 4.78 is 5.86. The van der Waals surface area contributed by atoms with Crippen molar-refractivity contribution in [3.8, 4) is 11.1 Å². The van der Waals surface area contributed by atoms with Crippen molar-refractivity contribution in [2.24, 2.45) is 11.8 Å². The number of likely N-dealkylation sites (tertiary alicyclic amines) is 1. The molecule has 164 valence electrons. The molecule has 0 radical (unpaired) electrons. The predicted octanol–water partition coefficient (Wildman–Crippen LogP) is 5.41. The Morgan fingerprint density at radius 2 is 1.38 bits per heavy atom. The van der Waals surface area contributed by atoms with Gasteiger partial charge in [-0.3, -0.25) is 0 Å². The second kappa shape index (κ2) is 8.10. The molecule has 3 aromatic carbocycles. The number of amides is 1. The van der Waals surface area contributed by atoms with Crippen molar-refractivity contribution in [3.63, 3.8) is 0 Å². The van der Waals surface area contributed by atoms with Crippen molar-refractivity contribution in [2.75, 3.05) is 19.7 Å². The van der Waals surface area contributed by atoms with E-state index in [4.69, 9.17) is 4.74 Å². The largest absolute Gasteiger partial charge is 0.448 e. The van der Waals surface area contributed by atoms with Crippen LogP contribution in [0, 0.1) is 11.8 Å². The van der Waals surface area contributed by atoms with Crippen molar-refractivity contribution < 1.29 is 14.6 Å². The molecule has 0 bridgehead atoms. The third-order valence-electron chi connectivity index (χ3n) is 7.32. The molecule has 4 nitrogen and oxygen atoms in total. The third kappa shape index (κ3) is 3.30. The van der Waals surface area contributed by atoms with Crippen molar-refractivity contribution in [1.82, 2.24) is 4.90 Å². The number of rotatable bonds is 3. The molecule has 1 fully saturated rings. The standard InChI is InChI=1S/C28H29NO3/c1-19-16-29(17-20(2)28(19,31)21-10-4-3-5-11-21)27(30)32-18-26-24-14-8-6-12-22(24)23-13-7-9-15-25(23)26/h3-15,19-20,26,31H,16-18H2,1-2H3/t19-,20+,28?. The summed E-state index contributed by atoms with van der Waals surface area (Å²) >= 11 is 0. The maximum absolute atomic E-state index is 13.0. The Labute approximate surface area is 189 Å². The number of hydrogen-bond acceptors (Lipinski definition) is 3. The van der Waals surface area contributed by atoms with E-state index in [0.717, 1.165) is 5.56 Å². The van der Waals surface area contributed by atoms with E-state index in [1.807, 2.05) is 68.4 Å². The van der Waals surface area contributed by atoms with Gasteiger partial charge in [0, 0.05) is 30.8 Å². The second-order valence-electron chi connectivity index (χ2n) is 9.20. The molecule has 1 aliphatic heterocycles. The summed E-state index contributed by atoms with van der Waals surface area (Å²) in [4.78, 5) is 14.8. The van der Waals surface area contributed by atoms with Gasteiger partial charge in [-0.25, -0.2) is 4.79 Å². The fourth-order valence-corrected chi connectivity index (χ4v) is 5.61. The zero-order valence-corrected chi connectivity index (χ0v) is 18.6. The number of carbonyl (C=O) groups is 1. The number of aliphatic hydroxyl groups is 1. The van der Waals surface area contributed by atoms with Gasteiger partial charge in [0.05, 0.1) is 5.60 Å². The van der Waals surface area contributed by atoms with Gasteiger partial charge in [-0.2, -0.15) is 0 Å². The molecule has 2 aliphatic rings. The van der Waals surface area contributed by atoms with Crippen LogP contribution in [0.3, 0.4) is 0 Å². The van der Waals surface area contributed by atoms with Crippen molar-refractivity contribution in [1.29, 1.82) is 0 Å². The third-order valence-corrected chi connectivity index (χ3v) is 7.32. The van der Waals surface area contributed by atoms with Crippen LogP contribution in [0.5, 0.6) is 0 Å². The lowest BCUT2D eigenvalue weighted by molar-refractivity contribution is -0.108. The lowest BCUT2D eigenvalue weighted by atomic mass is 9.71. The molecule has 1 N–H and O–H groups in total. The fraction of sp³-hybridized carbons (Fsp3) is 0.321. The van der Waals surface area contributed by atoms with Crippen LogP contribution in [-0.4, -0.2) is 35.8 Å². The first-order valence-corrected chi connectivity index (χ1v) is 11.4. The minimum Gasteiger partial charge on any atom is -0.448 e. The quantitative estimate of drug-likeness (QED) is 0.608. The Kier molecular flexibility index (Phi) is 5.26. The van der Waals surface area contributed by atoms with Gasteiger partial charge in [-0.15, -0.1) is 0 Å². The zero-order chi connectivity index (χ0) is 22.3. The van der Waals surface area contributed by atoms with Crippen LogP contribution in [0.4, 0.5) is 4.79 Å². The van der Waals surface area contributed by atoms with Gasteiger partial charge in [0.15, 0.2) is 0 Å². The molecule has 1 saturated heterocycles. The number of hydrogen-bond donors (Lipinski definition) is 1. The number of ether oxygens (including phenoxy) is 1. The maximum Gasteiger partial charge on any atom is 0.409 e. The molecular weight excluding hydrogens is 398 g/mol. The highest BCUT2D eigenvalue weighted by Crippen LogP contribution is 2.45. The number of fused-ring (bicyclic) bond motifs is 3. The van der Waals surface area contributed by atoms with E-state index >= 15 is 0 Å². The first kappa shape index (κ1) is 20.8. The molecule has 1 heterocycles. The van der Waals surface area contributed by atoms with Crippen molar-refractivity contribution >= 4 is 6.09 Å². The number of carbonyl (C=O) groups excluding carboxylic acids is 1. The molecule has 1 amide bonds. The van der Waals surface area contributed by atoms with Gasteiger partial charge < -0.3 is 14.7 Å². The average Bonchev–Trinajstić information content (AvgIpc) is 3.15. The van der Waals surface area contributed by atoms with Gasteiger partial charge in [-0.1, -0.05) is 92.7 Å². The first-order chi connectivity index (χ1) is 15.5. The van der Waals surface area contributed by atoms with Gasteiger partial charge in [0.2, 0.25) is 0 Å². The molecule has 0 saturated carbocycles.